The zero-order chi connectivity index (χ0) is 14.9. The molecule has 0 unspecified atom stereocenters. The summed E-state index contributed by atoms with van der Waals surface area (Å²) in [7, 11) is 1.43. The number of nitrogens with zero attached hydrogens (tertiary/aromatic N) is 1. The van der Waals surface area contributed by atoms with E-state index in [9.17, 15) is 9.90 Å². The molecule has 1 aromatic heterocycles. The molecule has 0 bridgehead atoms. The maximum atomic E-state index is 11.8. The monoisotopic (exact) mass is 290 g/mol. The van der Waals surface area contributed by atoms with Gasteiger partial charge in [-0.25, -0.2) is 0 Å². The van der Waals surface area contributed by atoms with Crippen molar-refractivity contribution in [1.82, 2.24) is 4.98 Å². The SMILES string of the molecule is COc1cc(O)c(-c2cc(C)[nH]c(=O)c2C#N)cc1Cl. The Balaban J connectivity index is 2.79. The molecule has 0 aliphatic carbocycles. The predicted octanol–water partition coefficient (Wildman–Crippen LogP) is 2.59. The molecule has 0 aliphatic rings. The van der Waals surface area contributed by atoms with Gasteiger partial charge in [0.1, 0.15) is 23.1 Å². The molecule has 0 aliphatic heterocycles. The lowest BCUT2D eigenvalue weighted by atomic mass is 10.00. The fourth-order valence-electron chi connectivity index (χ4n) is 1.93. The van der Waals surface area contributed by atoms with Crippen molar-refractivity contribution in [3.8, 4) is 28.7 Å². The van der Waals surface area contributed by atoms with E-state index in [1.54, 1.807) is 13.0 Å². The largest absolute Gasteiger partial charge is 0.507 e. The van der Waals surface area contributed by atoms with Crippen molar-refractivity contribution < 1.29 is 9.84 Å². The number of nitrogens with one attached hydrogen (secondary N) is 1. The molecule has 102 valence electrons. The number of aromatic hydroxyl groups is 1. The van der Waals surface area contributed by atoms with Crippen molar-refractivity contribution in [1.29, 1.82) is 5.26 Å². The fraction of sp³-hybridized carbons (Fsp3) is 0.143. The van der Waals surface area contributed by atoms with Crippen LogP contribution in [0.5, 0.6) is 11.5 Å². The van der Waals surface area contributed by atoms with E-state index in [1.165, 1.54) is 19.2 Å². The third kappa shape index (κ3) is 2.33. The minimum Gasteiger partial charge on any atom is -0.507 e. The van der Waals surface area contributed by atoms with Gasteiger partial charge in [0.05, 0.1) is 12.1 Å². The van der Waals surface area contributed by atoms with Crippen molar-refractivity contribution in [2.45, 2.75) is 6.92 Å². The van der Waals surface area contributed by atoms with Crippen molar-refractivity contribution >= 4 is 11.6 Å². The maximum Gasteiger partial charge on any atom is 0.266 e. The normalized spacial score (nSPS) is 10.1. The lowest BCUT2D eigenvalue weighted by Crippen LogP contribution is -2.12. The molecule has 0 spiro atoms. The Kier molecular flexibility index (Phi) is 3.68. The number of aromatic amines is 1. The highest BCUT2D eigenvalue weighted by Crippen LogP contribution is 2.38. The number of pyridine rings is 1. The first-order chi connectivity index (χ1) is 9.47. The summed E-state index contributed by atoms with van der Waals surface area (Å²) in [6.07, 6.45) is 0. The Morgan fingerprint density at radius 2 is 2.05 bits per heavy atom. The van der Waals surface area contributed by atoms with E-state index in [2.05, 4.69) is 4.98 Å². The fourth-order valence-corrected chi connectivity index (χ4v) is 2.17. The third-order valence-corrected chi connectivity index (χ3v) is 3.14. The predicted molar refractivity (Wildman–Crippen MR) is 75.2 cm³/mol. The summed E-state index contributed by atoms with van der Waals surface area (Å²) in [6.45, 7) is 1.69. The molecule has 1 heterocycles. The van der Waals surface area contributed by atoms with Crippen molar-refractivity contribution in [2.24, 2.45) is 0 Å². The van der Waals surface area contributed by atoms with Crippen LogP contribution in [0.1, 0.15) is 11.3 Å². The van der Waals surface area contributed by atoms with Crippen LogP contribution in [-0.4, -0.2) is 17.2 Å². The Hall–Kier alpha value is -2.45. The van der Waals surface area contributed by atoms with Crippen LogP contribution in [0.2, 0.25) is 5.02 Å². The second kappa shape index (κ2) is 5.27. The molecule has 2 aromatic rings. The highest BCUT2D eigenvalue weighted by Gasteiger charge is 2.16. The average Bonchev–Trinajstić information content (AvgIpc) is 2.40. The van der Waals surface area contributed by atoms with E-state index >= 15 is 0 Å². The van der Waals surface area contributed by atoms with Gasteiger partial charge in [-0.1, -0.05) is 11.6 Å². The van der Waals surface area contributed by atoms with Crippen molar-refractivity contribution in [2.75, 3.05) is 7.11 Å². The Labute approximate surface area is 120 Å². The standard InChI is InChI=1S/C14H11ClN2O3/c1-7-3-8(10(6-16)14(19)17-7)9-4-11(15)13(20-2)5-12(9)18/h3-5,18H,1-2H3,(H,17,19). The van der Waals surface area contributed by atoms with Crippen LogP contribution in [0.3, 0.4) is 0 Å². The lowest BCUT2D eigenvalue weighted by molar-refractivity contribution is 0.408. The summed E-state index contributed by atoms with van der Waals surface area (Å²) in [4.78, 5) is 14.3. The van der Waals surface area contributed by atoms with Crippen molar-refractivity contribution in [3.05, 3.63) is 44.8 Å². The minimum absolute atomic E-state index is 0.0767. The van der Waals surface area contributed by atoms with Gasteiger partial charge in [-0.15, -0.1) is 0 Å². The second-order valence-electron chi connectivity index (χ2n) is 4.19. The van der Waals surface area contributed by atoms with E-state index < -0.39 is 5.56 Å². The zero-order valence-electron chi connectivity index (χ0n) is 10.8. The highest BCUT2D eigenvalue weighted by molar-refractivity contribution is 6.32. The third-order valence-electron chi connectivity index (χ3n) is 2.84. The molecular weight excluding hydrogens is 280 g/mol. The first-order valence-electron chi connectivity index (χ1n) is 5.68. The van der Waals surface area contributed by atoms with Gasteiger partial charge in [0.25, 0.3) is 5.56 Å². The Bertz CT molecular complexity index is 775. The summed E-state index contributed by atoms with van der Waals surface area (Å²) in [6, 6.07) is 6.25. The number of phenolic OH excluding ortho intramolecular Hbond substituents is 1. The Morgan fingerprint density at radius 3 is 2.65 bits per heavy atom. The number of phenols is 1. The van der Waals surface area contributed by atoms with E-state index in [1.807, 2.05) is 6.07 Å². The first kappa shape index (κ1) is 14.0. The van der Waals surface area contributed by atoms with E-state index in [4.69, 9.17) is 21.6 Å². The number of halogens is 1. The molecule has 0 amide bonds. The topological polar surface area (TPSA) is 86.1 Å². The van der Waals surface area contributed by atoms with Gasteiger partial charge in [0.2, 0.25) is 0 Å². The summed E-state index contributed by atoms with van der Waals surface area (Å²) in [5, 5.41) is 19.4. The number of hydrogen-bond acceptors (Lipinski definition) is 4. The summed E-state index contributed by atoms with van der Waals surface area (Å²) in [5.41, 5.74) is 0.633. The molecule has 20 heavy (non-hydrogen) atoms. The van der Waals surface area contributed by atoms with Crippen molar-refractivity contribution in [3.63, 3.8) is 0 Å². The number of ether oxygens (including phenoxy) is 1. The van der Waals surface area contributed by atoms with Gasteiger partial charge in [-0.05, 0) is 19.1 Å². The number of H-pyrrole nitrogens is 1. The summed E-state index contributed by atoms with van der Waals surface area (Å²) >= 11 is 6.02. The van der Waals surface area contributed by atoms with Gasteiger partial charge in [-0.3, -0.25) is 4.79 Å². The molecule has 0 atom stereocenters. The molecule has 5 nitrogen and oxygen atoms in total. The van der Waals surface area contributed by atoms with E-state index in [0.29, 0.717) is 22.6 Å². The van der Waals surface area contributed by atoms with Gasteiger partial charge in [0.15, 0.2) is 0 Å². The summed E-state index contributed by atoms with van der Waals surface area (Å²) in [5.74, 6) is 0.195. The van der Waals surface area contributed by atoms with E-state index in [-0.39, 0.29) is 16.3 Å². The van der Waals surface area contributed by atoms with Gasteiger partial charge < -0.3 is 14.8 Å². The first-order valence-corrected chi connectivity index (χ1v) is 6.06. The number of benzene rings is 1. The average molecular weight is 291 g/mol. The minimum atomic E-state index is -0.506. The molecule has 0 saturated carbocycles. The number of aromatic nitrogens is 1. The van der Waals surface area contributed by atoms with Gasteiger partial charge >= 0.3 is 0 Å². The van der Waals surface area contributed by atoms with Crippen LogP contribution in [0, 0.1) is 18.3 Å². The molecule has 0 fully saturated rings. The smallest absolute Gasteiger partial charge is 0.266 e. The second-order valence-corrected chi connectivity index (χ2v) is 4.59. The number of nitriles is 1. The molecule has 1 aromatic carbocycles. The zero-order valence-corrected chi connectivity index (χ0v) is 11.6. The van der Waals surface area contributed by atoms with Gasteiger partial charge in [-0.2, -0.15) is 5.26 Å². The molecule has 0 radical (unpaired) electrons. The number of hydrogen-bond donors (Lipinski definition) is 2. The van der Waals surface area contributed by atoms with Gasteiger partial charge in [0, 0.05) is 22.9 Å². The summed E-state index contributed by atoms with van der Waals surface area (Å²) < 4.78 is 5.00. The van der Waals surface area contributed by atoms with Crippen LogP contribution >= 0.6 is 11.6 Å². The quantitative estimate of drug-likeness (QED) is 0.890. The number of aryl methyl sites for hydroxylation is 1. The maximum absolute atomic E-state index is 11.8. The van der Waals surface area contributed by atoms with E-state index in [0.717, 1.165) is 0 Å². The molecule has 2 rings (SSSR count). The number of methoxy groups -OCH3 is 1. The van der Waals surface area contributed by atoms with Crippen LogP contribution < -0.4 is 10.3 Å². The molecule has 0 saturated heterocycles. The molecule has 2 N–H and O–H groups in total. The number of rotatable bonds is 2. The highest BCUT2D eigenvalue weighted by atomic mass is 35.5. The molecule has 6 heteroatoms. The molecular formula is C14H11ClN2O3. The van der Waals surface area contributed by atoms with Crippen LogP contribution in [-0.2, 0) is 0 Å². The van der Waals surface area contributed by atoms with Crippen LogP contribution in [0.25, 0.3) is 11.1 Å². The van der Waals surface area contributed by atoms with Crippen LogP contribution in [0.4, 0.5) is 0 Å². The Morgan fingerprint density at radius 1 is 1.35 bits per heavy atom. The lowest BCUT2D eigenvalue weighted by Gasteiger charge is -2.10. The van der Waals surface area contributed by atoms with Crippen LogP contribution in [0.15, 0.2) is 23.0 Å².